The zero-order valence-electron chi connectivity index (χ0n) is 18.2. The molecule has 0 atom stereocenters. The Hall–Kier alpha value is -2.34. The van der Waals surface area contributed by atoms with Gasteiger partial charge in [-0.1, -0.05) is 12.1 Å². The number of nitrogens with zero attached hydrogens (tertiary/aromatic N) is 2. The summed E-state index contributed by atoms with van der Waals surface area (Å²) in [4.78, 5) is 0. The molecule has 4 fully saturated rings. The highest BCUT2D eigenvalue weighted by Gasteiger charge is 2.54. The molecule has 4 bridgehead atoms. The van der Waals surface area contributed by atoms with Gasteiger partial charge in [0.25, 0.3) is 0 Å². The third-order valence-electron chi connectivity index (χ3n) is 7.66. The molecule has 4 saturated carbocycles. The summed E-state index contributed by atoms with van der Waals surface area (Å²) >= 11 is 3.54. The number of benzene rings is 2. The molecule has 0 saturated heterocycles. The summed E-state index contributed by atoms with van der Waals surface area (Å²) in [6, 6.07) is 13.8. The van der Waals surface area contributed by atoms with Crippen LogP contribution >= 0.6 is 15.9 Å². The summed E-state index contributed by atoms with van der Waals surface area (Å²) in [6.45, 7) is 0.385. The summed E-state index contributed by atoms with van der Waals surface area (Å²) in [7, 11) is 1.68. The van der Waals surface area contributed by atoms with Crippen molar-refractivity contribution >= 4 is 15.9 Å². The van der Waals surface area contributed by atoms with Gasteiger partial charge in [0.2, 0.25) is 11.8 Å². The van der Waals surface area contributed by atoms with Crippen LogP contribution in [0.15, 0.2) is 51.4 Å². The Morgan fingerprint density at radius 2 is 1.69 bits per heavy atom. The third-order valence-corrected chi connectivity index (χ3v) is 8.32. The van der Waals surface area contributed by atoms with Crippen molar-refractivity contribution in [2.24, 2.45) is 17.8 Å². The van der Waals surface area contributed by atoms with Crippen LogP contribution in [0.1, 0.15) is 50.0 Å². The Labute approximate surface area is 196 Å². The van der Waals surface area contributed by atoms with Gasteiger partial charge < -0.3 is 13.9 Å². The second-order valence-electron chi connectivity index (χ2n) is 9.86. The second kappa shape index (κ2) is 7.91. The SMILES string of the molecule is COc1ccc(-c2nnc(C34CC5CC(CC(C5)C3)C4)o2)cc1COc1ccccc1Br. The lowest BCUT2D eigenvalue weighted by molar-refractivity contribution is -0.0176. The first-order valence-corrected chi connectivity index (χ1v) is 12.3. The van der Waals surface area contributed by atoms with Gasteiger partial charge in [-0.05, 0) is 103 Å². The average molecular weight is 495 g/mol. The Morgan fingerprint density at radius 3 is 2.38 bits per heavy atom. The number of halogens is 1. The van der Waals surface area contributed by atoms with E-state index in [1.807, 2.05) is 42.5 Å². The number of hydrogen-bond acceptors (Lipinski definition) is 5. The van der Waals surface area contributed by atoms with Crippen LogP contribution in [0.25, 0.3) is 11.5 Å². The Bertz CT molecular complexity index is 1110. The average Bonchev–Trinajstić information content (AvgIpc) is 3.29. The van der Waals surface area contributed by atoms with Crippen molar-refractivity contribution in [3.8, 4) is 23.0 Å². The number of aromatic nitrogens is 2. The molecular formula is C26H27BrN2O3. The number of hydrogen-bond donors (Lipinski definition) is 0. The lowest BCUT2D eigenvalue weighted by Gasteiger charge is -2.55. The Kier molecular flexibility index (Phi) is 5.01. The first-order chi connectivity index (χ1) is 15.6. The van der Waals surface area contributed by atoms with Crippen LogP contribution in [-0.2, 0) is 12.0 Å². The molecule has 0 spiro atoms. The number of para-hydroxylation sites is 1. The molecule has 4 aliphatic rings. The topological polar surface area (TPSA) is 57.4 Å². The van der Waals surface area contributed by atoms with Gasteiger partial charge in [0.15, 0.2) is 0 Å². The summed E-state index contributed by atoms with van der Waals surface area (Å²) in [5.41, 5.74) is 1.95. The first kappa shape index (κ1) is 20.3. The smallest absolute Gasteiger partial charge is 0.247 e. The van der Waals surface area contributed by atoms with E-state index in [1.165, 1.54) is 38.5 Å². The maximum atomic E-state index is 6.35. The van der Waals surface area contributed by atoms with Crippen molar-refractivity contribution in [3.05, 3.63) is 58.4 Å². The maximum absolute atomic E-state index is 6.35. The summed E-state index contributed by atoms with van der Waals surface area (Å²) in [6.07, 6.45) is 7.86. The summed E-state index contributed by atoms with van der Waals surface area (Å²) in [5, 5.41) is 9.04. The van der Waals surface area contributed by atoms with Gasteiger partial charge in [0.05, 0.1) is 11.6 Å². The molecule has 1 heterocycles. The molecule has 4 aliphatic carbocycles. The standard InChI is InChI=1S/C26H27BrN2O3/c1-30-22-7-6-19(11-20(22)15-31-23-5-3-2-4-21(23)27)24-28-29-25(32-24)26-12-16-8-17(13-26)10-18(9-16)14-26/h2-7,11,16-18H,8-10,12-15H2,1H3. The molecule has 0 N–H and O–H groups in total. The second-order valence-corrected chi connectivity index (χ2v) is 10.7. The number of rotatable bonds is 6. The van der Waals surface area contributed by atoms with Crippen molar-refractivity contribution in [1.29, 1.82) is 0 Å². The van der Waals surface area contributed by atoms with Crippen LogP contribution < -0.4 is 9.47 Å². The van der Waals surface area contributed by atoms with Crippen molar-refractivity contribution in [2.45, 2.75) is 50.5 Å². The predicted octanol–water partition coefficient (Wildman–Crippen LogP) is 6.55. The van der Waals surface area contributed by atoms with Gasteiger partial charge in [-0.25, -0.2) is 0 Å². The predicted molar refractivity (Wildman–Crippen MR) is 125 cm³/mol. The lowest BCUT2D eigenvalue weighted by Crippen LogP contribution is -2.48. The zero-order chi connectivity index (χ0) is 21.7. The minimum absolute atomic E-state index is 0.109. The van der Waals surface area contributed by atoms with E-state index in [1.54, 1.807) is 7.11 Å². The Morgan fingerprint density at radius 1 is 0.969 bits per heavy atom. The monoisotopic (exact) mass is 494 g/mol. The highest BCUT2D eigenvalue weighted by molar-refractivity contribution is 9.10. The molecule has 0 unspecified atom stereocenters. The number of ether oxygens (including phenoxy) is 2. The quantitative estimate of drug-likeness (QED) is 0.388. The molecule has 0 aliphatic heterocycles. The van der Waals surface area contributed by atoms with Crippen molar-refractivity contribution in [3.63, 3.8) is 0 Å². The molecule has 32 heavy (non-hydrogen) atoms. The molecule has 1 aromatic heterocycles. The fourth-order valence-corrected chi connectivity index (χ4v) is 7.07. The fourth-order valence-electron chi connectivity index (χ4n) is 6.67. The van der Waals surface area contributed by atoms with Gasteiger partial charge in [0, 0.05) is 16.5 Å². The normalized spacial score (nSPS) is 28.1. The zero-order valence-corrected chi connectivity index (χ0v) is 19.8. The van der Waals surface area contributed by atoms with E-state index in [-0.39, 0.29) is 5.41 Å². The van der Waals surface area contributed by atoms with Gasteiger partial charge in [-0.2, -0.15) is 0 Å². The molecule has 166 valence electrons. The lowest BCUT2D eigenvalue weighted by atomic mass is 9.49. The molecule has 0 amide bonds. The molecule has 7 rings (SSSR count). The molecule has 6 heteroatoms. The largest absolute Gasteiger partial charge is 0.496 e. The molecule has 0 radical (unpaired) electrons. The highest BCUT2D eigenvalue weighted by atomic mass is 79.9. The fraction of sp³-hybridized carbons (Fsp3) is 0.462. The minimum Gasteiger partial charge on any atom is -0.496 e. The number of methoxy groups -OCH3 is 1. The van der Waals surface area contributed by atoms with Crippen LogP contribution in [0.5, 0.6) is 11.5 Å². The van der Waals surface area contributed by atoms with Crippen molar-refractivity contribution < 1.29 is 13.9 Å². The summed E-state index contributed by atoms with van der Waals surface area (Å²) < 4.78 is 18.9. The maximum Gasteiger partial charge on any atom is 0.247 e. The van der Waals surface area contributed by atoms with Gasteiger partial charge in [-0.3, -0.25) is 0 Å². The van der Waals surface area contributed by atoms with E-state index >= 15 is 0 Å². The van der Waals surface area contributed by atoms with Gasteiger partial charge >= 0.3 is 0 Å². The minimum atomic E-state index is 0.109. The van der Waals surface area contributed by atoms with E-state index in [2.05, 4.69) is 26.1 Å². The van der Waals surface area contributed by atoms with E-state index in [0.717, 1.165) is 50.7 Å². The highest BCUT2D eigenvalue weighted by Crippen LogP contribution is 2.60. The van der Waals surface area contributed by atoms with E-state index in [9.17, 15) is 0 Å². The van der Waals surface area contributed by atoms with Crippen LogP contribution in [0.3, 0.4) is 0 Å². The first-order valence-electron chi connectivity index (χ1n) is 11.5. The molecule has 3 aromatic rings. The van der Waals surface area contributed by atoms with Gasteiger partial charge in [-0.15, -0.1) is 10.2 Å². The van der Waals surface area contributed by atoms with Crippen LogP contribution in [0, 0.1) is 17.8 Å². The Balaban J connectivity index is 1.26. The van der Waals surface area contributed by atoms with Gasteiger partial charge in [0.1, 0.15) is 18.1 Å². The van der Waals surface area contributed by atoms with Crippen LogP contribution in [-0.4, -0.2) is 17.3 Å². The van der Waals surface area contributed by atoms with Crippen molar-refractivity contribution in [2.75, 3.05) is 7.11 Å². The van der Waals surface area contributed by atoms with E-state index < -0.39 is 0 Å². The third kappa shape index (κ3) is 3.53. The molecular weight excluding hydrogens is 468 g/mol. The van der Waals surface area contributed by atoms with E-state index in [0.29, 0.717) is 12.5 Å². The van der Waals surface area contributed by atoms with Crippen LogP contribution in [0.4, 0.5) is 0 Å². The van der Waals surface area contributed by atoms with E-state index in [4.69, 9.17) is 13.9 Å². The molecule has 2 aromatic carbocycles. The van der Waals surface area contributed by atoms with Crippen molar-refractivity contribution in [1.82, 2.24) is 10.2 Å². The molecule has 5 nitrogen and oxygen atoms in total. The van der Waals surface area contributed by atoms with Crippen LogP contribution in [0.2, 0.25) is 0 Å². The summed E-state index contributed by atoms with van der Waals surface area (Å²) in [5.74, 6) is 5.55.